The van der Waals surface area contributed by atoms with Crippen molar-refractivity contribution in [2.75, 3.05) is 35.7 Å². The van der Waals surface area contributed by atoms with Gasteiger partial charge in [0.2, 0.25) is 0 Å². The summed E-state index contributed by atoms with van der Waals surface area (Å²) in [7, 11) is -2.96. The summed E-state index contributed by atoms with van der Waals surface area (Å²) in [6.45, 7) is 5.32. The first-order valence-corrected chi connectivity index (χ1v) is 8.53. The van der Waals surface area contributed by atoms with E-state index >= 15 is 0 Å². The third-order valence-electron chi connectivity index (χ3n) is 2.61. The van der Waals surface area contributed by atoms with Crippen molar-refractivity contribution in [2.45, 2.75) is 26.7 Å². The van der Waals surface area contributed by atoms with Crippen molar-refractivity contribution >= 4 is 21.5 Å². The fourth-order valence-electron chi connectivity index (χ4n) is 1.65. The second kappa shape index (κ2) is 7.28. The third-order valence-corrected chi connectivity index (χ3v) is 3.55. The smallest absolute Gasteiger partial charge is 0.149 e. The summed E-state index contributed by atoms with van der Waals surface area (Å²) < 4.78 is 22.2. The van der Waals surface area contributed by atoms with Gasteiger partial charge in [-0.3, -0.25) is 0 Å². The second-order valence-corrected chi connectivity index (χ2v) is 6.65. The van der Waals surface area contributed by atoms with Gasteiger partial charge in [-0.15, -0.1) is 0 Å². The molecule has 0 aliphatic heterocycles. The van der Waals surface area contributed by atoms with Crippen LogP contribution in [0.5, 0.6) is 0 Å². The van der Waals surface area contributed by atoms with Gasteiger partial charge in [0, 0.05) is 24.9 Å². The Hall–Kier alpha value is -1.37. The van der Waals surface area contributed by atoms with Crippen LogP contribution in [0.3, 0.4) is 0 Å². The van der Waals surface area contributed by atoms with Gasteiger partial charge in [-0.05, 0) is 12.8 Å². The van der Waals surface area contributed by atoms with Gasteiger partial charge in [0.05, 0.1) is 5.75 Å². The van der Waals surface area contributed by atoms with Crippen molar-refractivity contribution in [3.05, 3.63) is 11.9 Å². The molecule has 0 fully saturated rings. The molecule has 1 aromatic rings. The van der Waals surface area contributed by atoms with Gasteiger partial charge in [-0.2, -0.15) is 0 Å². The maximum Gasteiger partial charge on any atom is 0.149 e. The molecule has 0 bridgehead atoms. The minimum atomic E-state index is -2.96. The summed E-state index contributed by atoms with van der Waals surface area (Å²) in [4.78, 5) is 8.40. The van der Waals surface area contributed by atoms with E-state index in [1.807, 2.05) is 6.92 Å². The van der Waals surface area contributed by atoms with Crippen molar-refractivity contribution in [1.82, 2.24) is 9.97 Å². The quantitative estimate of drug-likeness (QED) is 0.750. The number of hydrogen-bond donors (Lipinski definition) is 2. The van der Waals surface area contributed by atoms with E-state index in [0.717, 1.165) is 30.8 Å². The van der Waals surface area contributed by atoms with E-state index in [1.165, 1.54) is 12.6 Å². The molecule has 1 rings (SSSR count). The number of aromatic nitrogens is 2. The summed E-state index contributed by atoms with van der Waals surface area (Å²) in [6, 6.07) is 0. The second-order valence-electron chi connectivity index (χ2n) is 4.39. The predicted molar refractivity (Wildman–Crippen MR) is 78.4 cm³/mol. The van der Waals surface area contributed by atoms with Crippen molar-refractivity contribution in [3.8, 4) is 0 Å². The molecule has 7 heteroatoms. The minimum absolute atomic E-state index is 0.0951. The molecule has 0 aliphatic rings. The van der Waals surface area contributed by atoms with Gasteiger partial charge in [-0.25, -0.2) is 18.4 Å². The van der Waals surface area contributed by atoms with E-state index in [9.17, 15) is 8.42 Å². The molecule has 0 saturated carbocycles. The van der Waals surface area contributed by atoms with E-state index in [0.29, 0.717) is 12.4 Å². The summed E-state index contributed by atoms with van der Waals surface area (Å²) in [5.74, 6) is 1.62. The Labute approximate surface area is 115 Å². The number of sulfone groups is 1. The van der Waals surface area contributed by atoms with Crippen molar-refractivity contribution in [3.63, 3.8) is 0 Å². The first kappa shape index (κ1) is 15.7. The summed E-state index contributed by atoms with van der Waals surface area (Å²) in [5, 5.41) is 6.32. The molecular weight excluding hydrogens is 264 g/mol. The molecule has 0 spiro atoms. The average Bonchev–Trinajstić information content (AvgIpc) is 2.34. The van der Waals surface area contributed by atoms with Crippen molar-refractivity contribution in [2.24, 2.45) is 0 Å². The van der Waals surface area contributed by atoms with Crippen LogP contribution in [-0.4, -0.2) is 43.5 Å². The Morgan fingerprint density at radius 1 is 1.11 bits per heavy atom. The molecule has 0 aromatic carbocycles. The zero-order valence-electron chi connectivity index (χ0n) is 11.7. The number of hydrogen-bond acceptors (Lipinski definition) is 6. The third kappa shape index (κ3) is 5.42. The molecule has 1 heterocycles. The predicted octanol–water partition coefficient (Wildman–Crippen LogP) is 1.32. The molecule has 108 valence electrons. The fourth-order valence-corrected chi connectivity index (χ4v) is 2.12. The van der Waals surface area contributed by atoms with Gasteiger partial charge in [-0.1, -0.05) is 13.8 Å². The molecule has 0 amide bonds. The lowest BCUT2D eigenvalue weighted by atomic mass is 10.2. The Morgan fingerprint density at radius 2 is 1.68 bits per heavy atom. The van der Waals surface area contributed by atoms with Crippen LogP contribution in [0, 0.1) is 0 Å². The molecule has 6 nitrogen and oxygen atoms in total. The largest absolute Gasteiger partial charge is 0.370 e. The number of rotatable bonds is 8. The van der Waals surface area contributed by atoms with E-state index in [4.69, 9.17) is 0 Å². The fraction of sp³-hybridized carbons (Fsp3) is 0.667. The molecule has 0 saturated heterocycles. The normalized spacial score (nSPS) is 11.3. The highest BCUT2D eigenvalue weighted by molar-refractivity contribution is 7.90. The summed E-state index contributed by atoms with van der Waals surface area (Å²) in [5.41, 5.74) is 0.990. The standard InChI is InChI=1S/C12H22N4O2S/c1-4-6-13-11-10(5-2)12(16-9-15-11)14-7-8-19(3,17)18/h9H,4-8H2,1-3H3,(H2,13,14,15,16). The highest BCUT2D eigenvalue weighted by atomic mass is 32.2. The SMILES string of the molecule is CCCNc1ncnc(NCCS(C)(=O)=O)c1CC. The molecule has 2 N–H and O–H groups in total. The van der Waals surface area contributed by atoms with Gasteiger partial charge in [0.25, 0.3) is 0 Å². The maximum absolute atomic E-state index is 11.1. The maximum atomic E-state index is 11.1. The van der Waals surface area contributed by atoms with E-state index < -0.39 is 9.84 Å². The topological polar surface area (TPSA) is 84.0 Å². The molecule has 19 heavy (non-hydrogen) atoms. The van der Waals surface area contributed by atoms with Crippen LogP contribution in [0.25, 0.3) is 0 Å². The Balaban J connectivity index is 2.76. The van der Waals surface area contributed by atoms with Crippen LogP contribution in [-0.2, 0) is 16.3 Å². The van der Waals surface area contributed by atoms with Gasteiger partial charge < -0.3 is 10.6 Å². The molecule has 0 radical (unpaired) electrons. The number of nitrogens with one attached hydrogen (secondary N) is 2. The monoisotopic (exact) mass is 286 g/mol. The highest BCUT2D eigenvalue weighted by Gasteiger charge is 2.10. The zero-order chi connectivity index (χ0) is 14.3. The molecular formula is C12H22N4O2S. The molecule has 1 aromatic heterocycles. The Kier molecular flexibility index (Phi) is 6.01. The molecule has 0 atom stereocenters. The summed E-state index contributed by atoms with van der Waals surface area (Å²) >= 11 is 0. The highest BCUT2D eigenvalue weighted by Crippen LogP contribution is 2.20. The zero-order valence-corrected chi connectivity index (χ0v) is 12.5. The van der Waals surface area contributed by atoms with Crippen molar-refractivity contribution < 1.29 is 8.42 Å². The number of anilines is 2. The molecule has 0 aliphatic carbocycles. The van der Waals surface area contributed by atoms with Crippen LogP contribution >= 0.6 is 0 Å². The van der Waals surface area contributed by atoms with Gasteiger partial charge in [0.1, 0.15) is 27.8 Å². The first-order valence-electron chi connectivity index (χ1n) is 6.47. The van der Waals surface area contributed by atoms with Crippen molar-refractivity contribution in [1.29, 1.82) is 0 Å². The molecule has 0 unspecified atom stereocenters. The lowest BCUT2D eigenvalue weighted by Gasteiger charge is -2.13. The van der Waals surface area contributed by atoms with E-state index in [2.05, 4.69) is 27.5 Å². The van der Waals surface area contributed by atoms with Crippen LogP contribution in [0.4, 0.5) is 11.6 Å². The summed E-state index contributed by atoms with van der Waals surface area (Å²) in [6.07, 6.45) is 4.52. The lowest BCUT2D eigenvalue weighted by molar-refractivity contribution is 0.602. The van der Waals surface area contributed by atoms with Crippen LogP contribution in [0.2, 0.25) is 0 Å². The Morgan fingerprint density at radius 3 is 2.16 bits per heavy atom. The number of nitrogens with zero attached hydrogens (tertiary/aromatic N) is 2. The van der Waals surface area contributed by atoms with Crippen LogP contribution in [0.15, 0.2) is 6.33 Å². The first-order chi connectivity index (χ1) is 8.98. The van der Waals surface area contributed by atoms with E-state index in [-0.39, 0.29) is 5.75 Å². The van der Waals surface area contributed by atoms with Crippen LogP contribution < -0.4 is 10.6 Å². The van der Waals surface area contributed by atoms with Gasteiger partial charge in [0.15, 0.2) is 0 Å². The average molecular weight is 286 g/mol. The van der Waals surface area contributed by atoms with Gasteiger partial charge >= 0.3 is 0 Å². The minimum Gasteiger partial charge on any atom is -0.370 e. The van der Waals surface area contributed by atoms with Crippen LogP contribution in [0.1, 0.15) is 25.8 Å². The van der Waals surface area contributed by atoms with E-state index in [1.54, 1.807) is 0 Å². The Bertz CT molecular complexity index is 502. The lowest BCUT2D eigenvalue weighted by Crippen LogP contribution is -2.17.